The average molecular weight is 223 g/mol. The van der Waals surface area contributed by atoms with Gasteiger partial charge < -0.3 is 9.47 Å². The van der Waals surface area contributed by atoms with E-state index in [4.69, 9.17) is 9.47 Å². The summed E-state index contributed by atoms with van der Waals surface area (Å²) in [6, 6.07) is 5.27. The van der Waals surface area contributed by atoms with Gasteiger partial charge >= 0.3 is 5.97 Å². The van der Waals surface area contributed by atoms with Crippen LogP contribution in [0.4, 0.5) is 5.69 Å². The zero-order chi connectivity index (χ0) is 11.5. The summed E-state index contributed by atoms with van der Waals surface area (Å²) in [5.74, 6) is -0.495. The summed E-state index contributed by atoms with van der Waals surface area (Å²) >= 11 is 0. The van der Waals surface area contributed by atoms with E-state index in [1.54, 1.807) is 0 Å². The highest BCUT2D eigenvalue weighted by Gasteiger charge is 2.24. The molecule has 6 heteroatoms. The van der Waals surface area contributed by atoms with Crippen LogP contribution in [0.25, 0.3) is 0 Å². The molecule has 0 spiro atoms. The van der Waals surface area contributed by atoms with Gasteiger partial charge in [-0.25, -0.2) is 4.79 Å². The van der Waals surface area contributed by atoms with E-state index in [-0.39, 0.29) is 18.4 Å². The summed E-state index contributed by atoms with van der Waals surface area (Å²) in [5.41, 5.74) is 0.244. The Kier molecular flexibility index (Phi) is 2.82. The molecule has 1 heterocycles. The van der Waals surface area contributed by atoms with Crippen molar-refractivity contribution < 1.29 is 19.2 Å². The predicted molar refractivity (Wildman–Crippen MR) is 53.1 cm³/mol. The van der Waals surface area contributed by atoms with E-state index in [9.17, 15) is 14.9 Å². The Morgan fingerprint density at radius 2 is 2.12 bits per heavy atom. The van der Waals surface area contributed by atoms with Crippen molar-refractivity contribution in [2.45, 2.75) is 6.10 Å². The maximum Gasteiger partial charge on any atom is 0.338 e. The van der Waals surface area contributed by atoms with Crippen LogP contribution < -0.4 is 0 Å². The summed E-state index contributed by atoms with van der Waals surface area (Å²) in [7, 11) is 0. The predicted octanol–water partition coefficient (Wildman–Crippen LogP) is 1.15. The molecule has 1 atom stereocenters. The van der Waals surface area contributed by atoms with E-state index in [0.29, 0.717) is 12.2 Å². The number of ether oxygens (including phenoxy) is 2. The third-order valence-corrected chi connectivity index (χ3v) is 2.12. The highest BCUT2D eigenvalue weighted by atomic mass is 16.6. The Balaban J connectivity index is 1.96. The second kappa shape index (κ2) is 4.28. The molecular weight excluding hydrogens is 214 g/mol. The van der Waals surface area contributed by atoms with Crippen LogP contribution in [-0.4, -0.2) is 30.2 Å². The van der Waals surface area contributed by atoms with Crippen LogP contribution in [0.1, 0.15) is 10.4 Å². The molecule has 1 aliphatic rings. The van der Waals surface area contributed by atoms with Crippen molar-refractivity contribution in [1.82, 2.24) is 0 Å². The van der Waals surface area contributed by atoms with Crippen molar-refractivity contribution in [1.29, 1.82) is 0 Å². The van der Waals surface area contributed by atoms with Gasteiger partial charge in [-0.15, -0.1) is 0 Å². The van der Waals surface area contributed by atoms with Crippen molar-refractivity contribution in [2.75, 3.05) is 13.2 Å². The smallest absolute Gasteiger partial charge is 0.338 e. The van der Waals surface area contributed by atoms with Crippen molar-refractivity contribution >= 4 is 11.7 Å². The number of hydrogen-bond donors (Lipinski definition) is 0. The number of benzene rings is 1. The van der Waals surface area contributed by atoms with Gasteiger partial charge in [-0.1, -0.05) is 0 Å². The monoisotopic (exact) mass is 223 g/mol. The normalized spacial score (nSPS) is 17.9. The summed E-state index contributed by atoms with van der Waals surface area (Å²) in [6.07, 6.45) is 0.0157. The first kappa shape index (κ1) is 10.6. The van der Waals surface area contributed by atoms with Crippen molar-refractivity contribution in [3.05, 3.63) is 39.9 Å². The molecule has 16 heavy (non-hydrogen) atoms. The average Bonchev–Trinajstić information content (AvgIpc) is 3.10. The van der Waals surface area contributed by atoms with Crippen LogP contribution in [-0.2, 0) is 9.47 Å². The number of nitrogens with zero attached hydrogens (tertiary/aromatic N) is 1. The molecule has 1 aromatic carbocycles. The van der Waals surface area contributed by atoms with Gasteiger partial charge in [0.05, 0.1) is 17.1 Å². The van der Waals surface area contributed by atoms with E-state index in [1.165, 1.54) is 24.3 Å². The van der Waals surface area contributed by atoms with Crippen molar-refractivity contribution in [3.63, 3.8) is 0 Å². The third kappa shape index (κ3) is 2.54. The Labute approximate surface area is 90.9 Å². The summed E-state index contributed by atoms with van der Waals surface area (Å²) in [4.78, 5) is 21.3. The molecule has 0 aliphatic carbocycles. The summed E-state index contributed by atoms with van der Waals surface area (Å²) in [5, 5.41) is 10.4. The molecule has 6 nitrogen and oxygen atoms in total. The second-order valence-corrected chi connectivity index (χ2v) is 3.36. The first-order chi connectivity index (χ1) is 7.66. The number of nitro benzene ring substituents is 1. The van der Waals surface area contributed by atoms with Gasteiger partial charge in [0.25, 0.3) is 5.69 Å². The molecule has 1 aliphatic heterocycles. The number of non-ortho nitro benzene ring substituents is 1. The molecule has 0 amide bonds. The fourth-order valence-electron chi connectivity index (χ4n) is 1.14. The Morgan fingerprint density at radius 1 is 1.50 bits per heavy atom. The molecule has 84 valence electrons. The number of esters is 1. The number of carbonyl (C=O) groups excluding carboxylic acids is 1. The lowest BCUT2D eigenvalue weighted by Crippen LogP contribution is -2.09. The van der Waals surface area contributed by atoms with Gasteiger partial charge in [-0.3, -0.25) is 10.1 Å². The minimum Gasteiger partial charge on any atom is -0.459 e. The zero-order valence-electron chi connectivity index (χ0n) is 8.29. The molecule has 0 saturated carbocycles. The van der Waals surface area contributed by atoms with Crippen LogP contribution >= 0.6 is 0 Å². The minimum absolute atomic E-state index is 0.0157. The van der Waals surface area contributed by atoms with Gasteiger partial charge in [0.15, 0.2) is 0 Å². The highest BCUT2D eigenvalue weighted by molar-refractivity contribution is 5.89. The number of carbonyl (C=O) groups is 1. The van der Waals surface area contributed by atoms with Crippen molar-refractivity contribution in [2.24, 2.45) is 0 Å². The van der Waals surface area contributed by atoms with Crippen molar-refractivity contribution in [3.8, 4) is 0 Å². The van der Waals surface area contributed by atoms with Gasteiger partial charge in [0.1, 0.15) is 12.7 Å². The number of epoxide rings is 1. The summed E-state index contributed by atoms with van der Waals surface area (Å²) < 4.78 is 9.80. The first-order valence-electron chi connectivity index (χ1n) is 4.70. The Bertz CT molecular complexity index is 410. The van der Waals surface area contributed by atoms with E-state index in [1.807, 2.05) is 0 Å². The number of rotatable bonds is 4. The van der Waals surface area contributed by atoms with E-state index in [2.05, 4.69) is 0 Å². The number of hydrogen-bond acceptors (Lipinski definition) is 5. The molecule has 0 radical (unpaired) electrons. The lowest BCUT2D eigenvalue weighted by molar-refractivity contribution is -0.384. The third-order valence-electron chi connectivity index (χ3n) is 2.12. The molecule has 1 aromatic rings. The van der Waals surface area contributed by atoms with Crippen LogP contribution in [0.2, 0.25) is 0 Å². The fourth-order valence-corrected chi connectivity index (χ4v) is 1.14. The lowest BCUT2D eigenvalue weighted by Gasteiger charge is -2.01. The SMILES string of the molecule is O=C(OC[C@@H]1CO1)c1ccc([N+](=O)[O-])cc1. The standard InChI is InChI=1S/C10H9NO5/c12-10(16-6-9-5-15-9)7-1-3-8(4-2-7)11(13)14/h1-4,9H,5-6H2/t9-/m0/s1. The summed E-state index contributed by atoms with van der Waals surface area (Å²) in [6.45, 7) is 0.851. The van der Waals surface area contributed by atoms with Gasteiger partial charge in [-0.2, -0.15) is 0 Å². The van der Waals surface area contributed by atoms with Crippen LogP contribution in [0.15, 0.2) is 24.3 Å². The first-order valence-corrected chi connectivity index (χ1v) is 4.70. The molecule has 0 N–H and O–H groups in total. The topological polar surface area (TPSA) is 82.0 Å². The van der Waals surface area contributed by atoms with Crippen LogP contribution in [0.5, 0.6) is 0 Å². The van der Waals surface area contributed by atoms with Gasteiger partial charge in [-0.05, 0) is 12.1 Å². The van der Waals surface area contributed by atoms with E-state index >= 15 is 0 Å². The Morgan fingerprint density at radius 3 is 2.62 bits per heavy atom. The van der Waals surface area contributed by atoms with Crippen LogP contribution in [0, 0.1) is 10.1 Å². The molecule has 1 saturated heterocycles. The Hall–Kier alpha value is -1.95. The molecule has 0 aromatic heterocycles. The lowest BCUT2D eigenvalue weighted by atomic mass is 10.2. The van der Waals surface area contributed by atoms with Gasteiger partial charge in [0.2, 0.25) is 0 Å². The van der Waals surface area contributed by atoms with E-state index < -0.39 is 10.9 Å². The molecule has 0 unspecified atom stereocenters. The van der Waals surface area contributed by atoms with Gasteiger partial charge in [0, 0.05) is 12.1 Å². The quantitative estimate of drug-likeness (QED) is 0.331. The zero-order valence-corrected chi connectivity index (χ0v) is 8.29. The molecular formula is C10H9NO5. The molecule has 0 bridgehead atoms. The van der Waals surface area contributed by atoms with Crippen LogP contribution in [0.3, 0.4) is 0 Å². The highest BCUT2D eigenvalue weighted by Crippen LogP contribution is 2.14. The maximum absolute atomic E-state index is 11.4. The van der Waals surface area contributed by atoms with E-state index in [0.717, 1.165) is 0 Å². The maximum atomic E-state index is 11.4. The fraction of sp³-hybridized carbons (Fsp3) is 0.300. The minimum atomic E-state index is -0.521. The number of nitro groups is 1. The molecule has 1 fully saturated rings. The largest absolute Gasteiger partial charge is 0.459 e. The molecule has 2 rings (SSSR count). The second-order valence-electron chi connectivity index (χ2n) is 3.36.